The van der Waals surface area contributed by atoms with Gasteiger partial charge in [-0.15, -0.1) is 0 Å². The average Bonchev–Trinajstić information content (AvgIpc) is 2.93. The molecule has 128 valence electrons. The Bertz CT molecular complexity index is 867. The average molecular weight is 333 g/mol. The van der Waals surface area contributed by atoms with Crippen LogP contribution in [0.15, 0.2) is 54.9 Å². The standard InChI is InChI=1S/C21H23N3O/c1-3-18-20(17-10-7-12-23-14-17)19(21(22)25)15(2)24(18)13-11-16-8-5-4-6-9-16/h4-10,12,14H,3,11,13H2,1-2H3,(H2,22,25). The number of amides is 1. The van der Waals surface area contributed by atoms with E-state index < -0.39 is 0 Å². The summed E-state index contributed by atoms with van der Waals surface area (Å²) < 4.78 is 2.23. The second kappa shape index (κ2) is 7.34. The molecule has 0 unspecified atom stereocenters. The predicted molar refractivity (Wildman–Crippen MR) is 100 cm³/mol. The van der Waals surface area contributed by atoms with E-state index in [0.717, 1.165) is 41.9 Å². The maximum Gasteiger partial charge on any atom is 0.251 e. The summed E-state index contributed by atoms with van der Waals surface area (Å²) in [6, 6.07) is 14.2. The first kappa shape index (κ1) is 17.0. The van der Waals surface area contributed by atoms with E-state index in [-0.39, 0.29) is 5.91 Å². The van der Waals surface area contributed by atoms with Crippen LogP contribution in [0.3, 0.4) is 0 Å². The molecule has 0 aliphatic carbocycles. The van der Waals surface area contributed by atoms with Crippen molar-refractivity contribution in [1.82, 2.24) is 9.55 Å². The predicted octanol–water partition coefficient (Wildman–Crippen LogP) is 3.76. The Morgan fingerprint density at radius 1 is 1.16 bits per heavy atom. The Hall–Kier alpha value is -2.88. The summed E-state index contributed by atoms with van der Waals surface area (Å²) in [5.41, 5.74) is 11.5. The van der Waals surface area contributed by atoms with Gasteiger partial charge in [-0.25, -0.2) is 0 Å². The maximum absolute atomic E-state index is 12.2. The summed E-state index contributed by atoms with van der Waals surface area (Å²) in [5.74, 6) is -0.385. The lowest BCUT2D eigenvalue weighted by Crippen LogP contribution is -2.14. The zero-order valence-electron chi connectivity index (χ0n) is 14.7. The first-order valence-electron chi connectivity index (χ1n) is 8.59. The van der Waals surface area contributed by atoms with Crippen LogP contribution >= 0.6 is 0 Å². The van der Waals surface area contributed by atoms with E-state index in [1.54, 1.807) is 12.4 Å². The molecular formula is C21H23N3O. The van der Waals surface area contributed by atoms with Crippen molar-refractivity contribution in [1.29, 1.82) is 0 Å². The van der Waals surface area contributed by atoms with Gasteiger partial charge in [0.15, 0.2) is 0 Å². The van der Waals surface area contributed by atoms with Gasteiger partial charge in [0, 0.05) is 41.5 Å². The number of carbonyl (C=O) groups excluding carboxylic acids is 1. The molecule has 3 aromatic rings. The molecule has 0 bridgehead atoms. The van der Waals surface area contributed by atoms with Gasteiger partial charge in [0.1, 0.15) is 0 Å². The molecule has 1 amide bonds. The van der Waals surface area contributed by atoms with Crippen LogP contribution in [0.5, 0.6) is 0 Å². The number of hydrogen-bond acceptors (Lipinski definition) is 2. The van der Waals surface area contributed by atoms with E-state index in [2.05, 4.69) is 40.7 Å². The van der Waals surface area contributed by atoms with Gasteiger partial charge in [0.2, 0.25) is 0 Å². The van der Waals surface area contributed by atoms with Crippen LogP contribution in [0.2, 0.25) is 0 Å². The third-order valence-corrected chi connectivity index (χ3v) is 4.63. The van der Waals surface area contributed by atoms with E-state index >= 15 is 0 Å². The minimum absolute atomic E-state index is 0.385. The summed E-state index contributed by atoms with van der Waals surface area (Å²) in [6.45, 7) is 4.90. The molecule has 2 heterocycles. The minimum atomic E-state index is -0.385. The molecule has 1 aromatic carbocycles. The minimum Gasteiger partial charge on any atom is -0.366 e. The van der Waals surface area contributed by atoms with Crippen molar-refractivity contribution >= 4 is 5.91 Å². The Morgan fingerprint density at radius 2 is 1.92 bits per heavy atom. The van der Waals surface area contributed by atoms with Gasteiger partial charge in [0.25, 0.3) is 5.91 Å². The summed E-state index contributed by atoms with van der Waals surface area (Å²) in [5, 5.41) is 0. The second-order valence-electron chi connectivity index (χ2n) is 6.13. The maximum atomic E-state index is 12.2. The van der Waals surface area contributed by atoms with Crippen LogP contribution in [0.1, 0.15) is 34.2 Å². The highest BCUT2D eigenvalue weighted by atomic mass is 16.1. The topological polar surface area (TPSA) is 60.9 Å². The Balaban J connectivity index is 2.08. The van der Waals surface area contributed by atoms with Gasteiger partial charge < -0.3 is 10.3 Å². The molecule has 3 rings (SSSR count). The number of nitrogens with two attached hydrogens (primary N) is 1. The lowest BCUT2D eigenvalue weighted by Gasteiger charge is -2.12. The van der Waals surface area contributed by atoms with Crippen molar-refractivity contribution in [2.45, 2.75) is 33.2 Å². The number of rotatable bonds is 6. The van der Waals surface area contributed by atoms with Gasteiger partial charge in [-0.3, -0.25) is 9.78 Å². The van der Waals surface area contributed by atoms with Crippen molar-refractivity contribution in [3.63, 3.8) is 0 Å². The lowest BCUT2D eigenvalue weighted by molar-refractivity contribution is 0.1000. The second-order valence-corrected chi connectivity index (χ2v) is 6.13. The molecule has 2 N–H and O–H groups in total. The number of aryl methyl sites for hydroxylation is 1. The molecule has 0 spiro atoms. The van der Waals surface area contributed by atoms with Crippen LogP contribution < -0.4 is 5.73 Å². The van der Waals surface area contributed by atoms with Gasteiger partial charge in [-0.2, -0.15) is 0 Å². The molecule has 4 nitrogen and oxygen atoms in total. The molecule has 0 radical (unpaired) electrons. The molecular weight excluding hydrogens is 310 g/mol. The summed E-state index contributed by atoms with van der Waals surface area (Å²) in [4.78, 5) is 16.4. The summed E-state index contributed by atoms with van der Waals surface area (Å²) in [7, 11) is 0. The fraction of sp³-hybridized carbons (Fsp3) is 0.238. The van der Waals surface area contributed by atoms with Crippen molar-refractivity contribution in [3.05, 3.63) is 77.4 Å². The molecule has 0 atom stereocenters. The molecule has 4 heteroatoms. The number of carbonyl (C=O) groups is 1. The van der Waals surface area contributed by atoms with E-state index in [1.165, 1.54) is 5.56 Å². The number of pyridine rings is 1. The van der Waals surface area contributed by atoms with Gasteiger partial charge >= 0.3 is 0 Å². The van der Waals surface area contributed by atoms with E-state index in [0.29, 0.717) is 5.56 Å². The van der Waals surface area contributed by atoms with Crippen molar-refractivity contribution in [2.75, 3.05) is 0 Å². The van der Waals surface area contributed by atoms with Gasteiger partial charge in [-0.1, -0.05) is 43.3 Å². The zero-order valence-corrected chi connectivity index (χ0v) is 14.7. The van der Waals surface area contributed by atoms with E-state index in [9.17, 15) is 4.79 Å². The van der Waals surface area contributed by atoms with Gasteiger partial charge in [-0.05, 0) is 31.4 Å². The largest absolute Gasteiger partial charge is 0.366 e. The summed E-state index contributed by atoms with van der Waals surface area (Å²) >= 11 is 0. The van der Waals surface area contributed by atoms with Crippen LogP contribution in [0.25, 0.3) is 11.1 Å². The van der Waals surface area contributed by atoms with Crippen LogP contribution in [0.4, 0.5) is 0 Å². The number of nitrogens with zero attached hydrogens (tertiary/aromatic N) is 2. The Kier molecular flexibility index (Phi) is 4.98. The number of aromatic nitrogens is 2. The van der Waals surface area contributed by atoms with E-state index in [1.807, 2.05) is 25.1 Å². The number of hydrogen-bond donors (Lipinski definition) is 1. The summed E-state index contributed by atoms with van der Waals surface area (Å²) in [6.07, 6.45) is 5.27. The monoisotopic (exact) mass is 333 g/mol. The Labute approximate surface area is 148 Å². The zero-order chi connectivity index (χ0) is 17.8. The fourth-order valence-electron chi connectivity index (χ4n) is 3.48. The molecule has 0 saturated heterocycles. The van der Waals surface area contributed by atoms with Gasteiger partial charge in [0.05, 0.1) is 5.56 Å². The molecule has 0 saturated carbocycles. The van der Waals surface area contributed by atoms with Crippen LogP contribution in [0, 0.1) is 6.92 Å². The highest BCUT2D eigenvalue weighted by Crippen LogP contribution is 2.33. The van der Waals surface area contributed by atoms with E-state index in [4.69, 9.17) is 5.73 Å². The number of benzene rings is 1. The van der Waals surface area contributed by atoms with Crippen molar-refractivity contribution in [2.24, 2.45) is 5.73 Å². The molecule has 25 heavy (non-hydrogen) atoms. The molecule has 0 fully saturated rings. The first-order valence-corrected chi connectivity index (χ1v) is 8.59. The third kappa shape index (κ3) is 3.33. The van der Waals surface area contributed by atoms with Crippen molar-refractivity contribution in [3.8, 4) is 11.1 Å². The number of primary amides is 1. The van der Waals surface area contributed by atoms with Crippen LogP contribution in [-0.2, 0) is 19.4 Å². The SMILES string of the molecule is CCc1c(-c2cccnc2)c(C(N)=O)c(C)n1CCc1ccccc1. The lowest BCUT2D eigenvalue weighted by atomic mass is 10.0. The molecule has 2 aromatic heterocycles. The fourth-order valence-corrected chi connectivity index (χ4v) is 3.48. The van der Waals surface area contributed by atoms with Crippen molar-refractivity contribution < 1.29 is 4.79 Å². The Morgan fingerprint density at radius 3 is 2.52 bits per heavy atom. The molecule has 0 aliphatic heterocycles. The third-order valence-electron chi connectivity index (χ3n) is 4.63. The highest BCUT2D eigenvalue weighted by molar-refractivity contribution is 6.02. The normalized spacial score (nSPS) is 10.8. The van der Waals surface area contributed by atoms with Crippen LogP contribution in [-0.4, -0.2) is 15.5 Å². The smallest absolute Gasteiger partial charge is 0.251 e. The first-order chi connectivity index (χ1) is 12.1. The quantitative estimate of drug-likeness (QED) is 0.746. The molecule has 0 aliphatic rings. The highest BCUT2D eigenvalue weighted by Gasteiger charge is 2.23.